The quantitative estimate of drug-likeness (QED) is 0.696. The van der Waals surface area contributed by atoms with Gasteiger partial charge in [-0.05, 0) is 17.7 Å². The molecule has 0 unspecified atom stereocenters. The second kappa shape index (κ2) is 5.38. The van der Waals surface area contributed by atoms with Gasteiger partial charge in [0.15, 0.2) is 0 Å². The molecule has 0 aliphatic rings. The number of rotatable bonds is 3. The number of aldehydes is 1. The number of thiophene rings is 1. The summed E-state index contributed by atoms with van der Waals surface area (Å²) in [7, 11) is 0. The summed E-state index contributed by atoms with van der Waals surface area (Å²) in [6, 6.07) is 4.38. The molecule has 0 atom stereocenters. The third-order valence-corrected chi connectivity index (χ3v) is 4.28. The minimum atomic E-state index is -0.546. The van der Waals surface area contributed by atoms with Crippen LogP contribution in [0, 0.1) is 5.82 Å². The number of benzene rings is 1. The summed E-state index contributed by atoms with van der Waals surface area (Å²) in [5.41, 5.74) is 0.799. The standard InChI is InChI=1S/C14H8ClFN2O2S/c15-10-2-1-8(5-11(10)16)9-7-21-12-6-17-18(3-4-19)14(20)13(9)12/h1-2,4-7H,3H2. The molecule has 0 spiro atoms. The van der Waals surface area contributed by atoms with Gasteiger partial charge in [0.25, 0.3) is 5.56 Å². The fourth-order valence-corrected chi connectivity index (χ4v) is 3.11. The maximum Gasteiger partial charge on any atom is 0.276 e. The molecule has 0 aliphatic carbocycles. The van der Waals surface area contributed by atoms with E-state index in [1.807, 2.05) is 0 Å². The largest absolute Gasteiger partial charge is 0.301 e. The lowest BCUT2D eigenvalue weighted by Crippen LogP contribution is -2.23. The maximum absolute atomic E-state index is 13.6. The van der Waals surface area contributed by atoms with Crippen molar-refractivity contribution < 1.29 is 9.18 Å². The van der Waals surface area contributed by atoms with Gasteiger partial charge in [0.1, 0.15) is 18.6 Å². The molecule has 2 heterocycles. The molecule has 0 N–H and O–H groups in total. The normalized spacial score (nSPS) is 11.0. The minimum Gasteiger partial charge on any atom is -0.301 e. The predicted octanol–water partition coefficient (Wildman–Crippen LogP) is 3.12. The van der Waals surface area contributed by atoms with E-state index in [9.17, 15) is 14.0 Å². The van der Waals surface area contributed by atoms with Crippen molar-refractivity contribution in [3.63, 3.8) is 0 Å². The Morgan fingerprint density at radius 3 is 2.95 bits per heavy atom. The topological polar surface area (TPSA) is 52.0 Å². The van der Waals surface area contributed by atoms with Crippen LogP contribution in [0.25, 0.3) is 21.2 Å². The Hall–Kier alpha value is -2.05. The van der Waals surface area contributed by atoms with E-state index < -0.39 is 5.82 Å². The van der Waals surface area contributed by atoms with E-state index in [4.69, 9.17) is 11.6 Å². The third-order valence-electron chi connectivity index (χ3n) is 3.06. The fourth-order valence-electron chi connectivity index (χ4n) is 2.07. The third kappa shape index (κ3) is 2.36. The second-order valence-corrected chi connectivity index (χ2v) is 5.63. The van der Waals surface area contributed by atoms with Crippen LogP contribution in [0.5, 0.6) is 0 Å². The van der Waals surface area contributed by atoms with Gasteiger partial charge < -0.3 is 4.79 Å². The number of hydrogen-bond donors (Lipinski definition) is 0. The summed E-state index contributed by atoms with van der Waals surface area (Å²) in [6.45, 7) is -0.112. The van der Waals surface area contributed by atoms with Crippen molar-refractivity contribution in [1.82, 2.24) is 9.78 Å². The van der Waals surface area contributed by atoms with Crippen LogP contribution >= 0.6 is 22.9 Å². The average Bonchev–Trinajstić information content (AvgIpc) is 2.90. The summed E-state index contributed by atoms with van der Waals surface area (Å²) in [5, 5.41) is 6.14. The molecule has 0 saturated heterocycles. The Labute approximate surface area is 127 Å². The first kappa shape index (κ1) is 13.9. The summed E-state index contributed by atoms with van der Waals surface area (Å²) in [6.07, 6.45) is 2.13. The number of aromatic nitrogens is 2. The highest BCUT2D eigenvalue weighted by Gasteiger charge is 2.14. The van der Waals surface area contributed by atoms with Crippen LogP contribution < -0.4 is 5.56 Å². The van der Waals surface area contributed by atoms with Crippen LogP contribution in [-0.2, 0) is 11.3 Å². The number of hydrogen-bond acceptors (Lipinski definition) is 4. The molecule has 7 heteroatoms. The van der Waals surface area contributed by atoms with E-state index in [2.05, 4.69) is 5.10 Å². The number of carbonyl (C=O) groups is 1. The highest BCUT2D eigenvalue weighted by atomic mass is 35.5. The molecule has 1 aromatic carbocycles. The summed E-state index contributed by atoms with van der Waals surface area (Å²) >= 11 is 7.01. The van der Waals surface area contributed by atoms with Crippen LogP contribution in [0.1, 0.15) is 0 Å². The highest BCUT2D eigenvalue weighted by molar-refractivity contribution is 7.17. The molecule has 2 aromatic heterocycles. The van der Waals surface area contributed by atoms with Crippen LogP contribution in [0.4, 0.5) is 4.39 Å². The fraction of sp³-hybridized carbons (Fsp3) is 0.0714. The van der Waals surface area contributed by atoms with E-state index in [1.165, 1.54) is 29.7 Å². The molecule has 0 saturated carbocycles. The van der Waals surface area contributed by atoms with E-state index >= 15 is 0 Å². The zero-order valence-corrected chi connectivity index (χ0v) is 12.1. The van der Waals surface area contributed by atoms with Gasteiger partial charge in [0.05, 0.1) is 21.3 Å². The Bertz CT molecular complexity index is 904. The highest BCUT2D eigenvalue weighted by Crippen LogP contribution is 2.32. The van der Waals surface area contributed by atoms with Gasteiger partial charge in [-0.2, -0.15) is 5.10 Å². The van der Waals surface area contributed by atoms with Crippen LogP contribution in [-0.4, -0.2) is 16.1 Å². The van der Waals surface area contributed by atoms with Crippen molar-refractivity contribution in [3.05, 3.63) is 51.0 Å². The Morgan fingerprint density at radius 2 is 2.24 bits per heavy atom. The van der Waals surface area contributed by atoms with Crippen molar-refractivity contribution in [2.24, 2.45) is 0 Å². The first-order chi connectivity index (χ1) is 10.1. The predicted molar refractivity (Wildman–Crippen MR) is 80.3 cm³/mol. The lowest BCUT2D eigenvalue weighted by atomic mass is 10.1. The molecule has 21 heavy (non-hydrogen) atoms. The molecular weight excluding hydrogens is 315 g/mol. The maximum atomic E-state index is 13.6. The van der Waals surface area contributed by atoms with Gasteiger partial charge in [0, 0.05) is 10.9 Å². The summed E-state index contributed by atoms with van der Waals surface area (Å²) in [4.78, 5) is 22.9. The molecule has 0 bridgehead atoms. The zero-order chi connectivity index (χ0) is 15.0. The average molecular weight is 323 g/mol. The lowest BCUT2D eigenvalue weighted by molar-refractivity contribution is -0.108. The number of halogens is 2. The molecular formula is C14H8ClFN2O2S. The smallest absolute Gasteiger partial charge is 0.276 e. The molecule has 106 valence electrons. The SMILES string of the molecule is O=CCn1ncc2scc(-c3ccc(Cl)c(F)c3)c2c1=O. The van der Waals surface area contributed by atoms with Crippen molar-refractivity contribution in [2.45, 2.75) is 6.54 Å². The van der Waals surface area contributed by atoms with Crippen molar-refractivity contribution in [2.75, 3.05) is 0 Å². The van der Waals surface area contributed by atoms with Crippen LogP contribution in [0.15, 0.2) is 34.6 Å². The van der Waals surface area contributed by atoms with Crippen LogP contribution in [0.2, 0.25) is 5.02 Å². The van der Waals surface area contributed by atoms with Gasteiger partial charge in [-0.25, -0.2) is 9.07 Å². The van der Waals surface area contributed by atoms with Crippen LogP contribution in [0.3, 0.4) is 0 Å². The molecule has 0 aliphatic heterocycles. The van der Waals surface area contributed by atoms with Gasteiger partial charge in [0.2, 0.25) is 0 Å². The van der Waals surface area contributed by atoms with Gasteiger partial charge in [-0.15, -0.1) is 11.3 Å². The molecule has 0 radical (unpaired) electrons. The summed E-state index contributed by atoms with van der Waals surface area (Å²) in [5.74, 6) is -0.546. The molecule has 4 nitrogen and oxygen atoms in total. The summed E-state index contributed by atoms with van der Waals surface area (Å²) < 4.78 is 15.4. The Balaban J connectivity index is 2.27. The van der Waals surface area contributed by atoms with Crippen molar-refractivity contribution >= 4 is 39.3 Å². The van der Waals surface area contributed by atoms with E-state index in [0.717, 1.165) is 4.68 Å². The minimum absolute atomic E-state index is 0.0262. The first-order valence-corrected chi connectivity index (χ1v) is 7.24. The van der Waals surface area contributed by atoms with Crippen molar-refractivity contribution in [1.29, 1.82) is 0 Å². The molecule has 0 fully saturated rings. The molecule has 0 amide bonds. The monoisotopic (exact) mass is 322 g/mol. The van der Waals surface area contributed by atoms with Gasteiger partial charge in [-0.1, -0.05) is 17.7 Å². The second-order valence-electron chi connectivity index (χ2n) is 4.32. The van der Waals surface area contributed by atoms with E-state index in [1.54, 1.807) is 11.4 Å². The number of carbonyl (C=O) groups excluding carboxylic acids is 1. The lowest BCUT2D eigenvalue weighted by Gasteiger charge is -2.03. The van der Waals surface area contributed by atoms with E-state index in [0.29, 0.717) is 27.5 Å². The first-order valence-electron chi connectivity index (χ1n) is 5.98. The van der Waals surface area contributed by atoms with Crippen molar-refractivity contribution in [3.8, 4) is 11.1 Å². The van der Waals surface area contributed by atoms with Gasteiger partial charge >= 0.3 is 0 Å². The number of fused-ring (bicyclic) bond motifs is 1. The zero-order valence-electron chi connectivity index (χ0n) is 10.5. The van der Waals surface area contributed by atoms with E-state index in [-0.39, 0.29) is 17.1 Å². The number of nitrogens with zero attached hydrogens (tertiary/aromatic N) is 2. The molecule has 3 aromatic rings. The Kier molecular flexibility index (Phi) is 3.57. The Morgan fingerprint density at radius 1 is 1.43 bits per heavy atom. The molecule has 3 rings (SSSR count). The van der Waals surface area contributed by atoms with Gasteiger partial charge in [-0.3, -0.25) is 4.79 Å².